The van der Waals surface area contributed by atoms with E-state index < -0.39 is 5.82 Å². The number of hydrogen-bond acceptors (Lipinski definition) is 7. The molecule has 33 heavy (non-hydrogen) atoms. The third kappa shape index (κ3) is 6.11. The summed E-state index contributed by atoms with van der Waals surface area (Å²) in [4.78, 5) is 28.5. The average molecular weight is 470 g/mol. The van der Waals surface area contributed by atoms with Crippen molar-refractivity contribution < 1.29 is 18.7 Å². The predicted octanol–water partition coefficient (Wildman–Crippen LogP) is 2.81. The smallest absolute Gasteiger partial charge is 0.260 e. The van der Waals surface area contributed by atoms with Crippen LogP contribution >= 0.6 is 11.3 Å². The number of aromatic nitrogens is 2. The van der Waals surface area contributed by atoms with Gasteiger partial charge in [-0.2, -0.15) is 0 Å². The van der Waals surface area contributed by atoms with Crippen LogP contribution in [0.3, 0.4) is 0 Å². The number of hydrogen-bond donors (Lipinski definition) is 1. The average Bonchev–Trinajstić information content (AvgIpc) is 3.26. The third-order valence-electron chi connectivity index (χ3n) is 5.30. The zero-order valence-electron chi connectivity index (χ0n) is 18.2. The van der Waals surface area contributed by atoms with Gasteiger partial charge < -0.3 is 9.64 Å². The topological polar surface area (TPSA) is 87.7 Å². The van der Waals surface area contributed by atoms with E-state index >= 15 is 0 Å². The molecule has 0 spiro atoms. The fraction of sp³-hybridized carbons (Fsp3) is 0.304. The number of ether oxygens (including phenoxy) is 1. The largest absolute Gasteiger partial charge is 0.484 e. The van der Waals surface area contributed by atoms with Gasteiger partial charge in [-0.05, 0) is 24.6 Å². The molecule has 1 N–H and O–H groups in total. The zero-order valence-corrected chi connectivity index (χ0v) is 19.0. The maximum absolute atomic E-state index is 13.2. The highest BCUT2D eigenvalue weighted by atomic mass is 32.1. The minimum Gasteiger partial charge on any atom is -0.484 e. The highest BCUT2D eigenvalue weighted by Gasteiger charge is 2.23. The van der Waals surface area contributed by atoms with Crippen molar-refractivity contribution in [2.45, 2.75) is 6.92 Å². The first kappa shape index (κ1) is 22.8. The molecule has 3 aromatic rings. The van der Waals surface area contributed by atoms with E-state index in [1.165, 1.54) is 29.5 Å². The van der Waals surface area contributed by atoms with E-state index in [0.29, 0.717) is 37.1 Å². The van der Waals surface area contributed by atoms with Crippen molar-refractivity contribution in [3.8, 4) is 16.3 Å². The maximum atomic E-state index is 13.2. The predicted molar refractivity (Wildman–Crippen MR) is 124 cm³/mol. The highest BCUT2D eigenvalue weighted by Crippen LogP contribution is 2.28. The van der Waals surface area contributed by atoms with Crippen LogP contribution < -0.4 is 10.1 Å². The number of carbonyl (C=O) groups is 2. The molecule has 8 nitrogen and oxygen atoms in total. The summed E-state index contributed by atoms with van der Waals surface area (Å²) < 4.78 is 18.6. The van der Waals surface area contributed by atoms with Crippen molar-refractivity contribution in [3.63, 3.8) is 0 Å². The quantitative estimate of drug-likeness (QED) is 0.573. The third-order valence-corrected chi connectivity index (χ3v) is 6.17. The van der Waals surface area contributed by atoms with Crippen LogP contribution in [0.4, 0.5) is 9.52 Å². The van der Waals surface area contributed by atoms with Crippen molar-refractivity contribution in [3.05, 3.63) is 59.9 Å². The summed E-state index contributed by atoms with van der Waals surface area (Å²) in [5, 5.41) is 12.3. The van der Waals surface area contributed by atoms with Crippen LogP contribution in [-0.2, 0) is 9.59 Å². The van der Waals surface area contributed by atoms with Gasteiger partial charge in [-0.3, -0.25) is 19.8 Å². The fourth-order valence-electron chi connectivity index (χ4n) is 3.51. The lowest BCUT2D eigenvalue weighted by Gasteiger charge is -2.34. The van der Waals surface area contributed by atoms with E-state index in [2.05, 4.69) is 15.5 Å². The Morgan fingerprint density at radius 2 is 1.88 bits per heavy atom. The summed E-state index contributed by atoms with van der Waals surface area (Å²) in [6, 6.07) is 13.6. The first-order chi connectivity index (χ1) is 16.0. The Bertz CT molecular complexity index is 1130. The minimum atomic E-state index is -0.410. The Hall–Kier alpha value is -3.37. The van der Waals surface area contributed by atoms with Crippen LogP contribution in [0.15, 0.2) is 48.5 Å². The second kappa shape index (κ2) is 10.5. The van der Waals surface area contributed by atoms with E-state index in [9.17, 15) is 14.0 Å². The number of aryl methyl sites for hydroxylation is 1. The zero-order chi connectivity index (χ0) is 23.2. The number of anilines is 1. The molecular formula is C23H24FN5O3S. The molecule has 0 aliphatic carbocycles. The van der Waals surface area contributed by atoms with Gasteiger partial charge in [0, 0.05) is 37.8 Å². The van der Waals surface area contributed by atoms with Gasteiger partial charge in [-0.1, -0.05) is 41.7 Å². The van der Waals surface area contributed by atoms with E-state index in [1.54, 1.807) is 11.0 Å². The summed E-state index contributed by atoms with van der Waals surface area (Å²) in [7, 11) is 0. The molecule has 2 amide bonds. The molecule has 10 heteroatoms. The van der Waals surface area contributed by atoms with Crippen LogP contribution in [-0.4, -0.2) is 71.1 Å². The van der Waals surface area contributed by atoms with Gasteiger partial charge in [-0.15, -0.1) is 10.2 Å². The van der Waals surface area contributed by atoms with Crippen molar-refractivity contribution in [1.82, 2.24) is 20.0 Å². The summed E-state index contributed by atoms with van der Waals surface area (Å²) in [6.45, 7) is 4.20. The van der Waals surface area contributed by atoms with E-state index in [-0.39, 0.29) is 25.0 Å². The Labute approximate surface area is 195 Å². The van der Waals surface area contributed by atoms with Crippen molar-refractivity contribution >= 4 is 28.3 Å². The SMILES string of the molecule is Cc1ccccc1-c1nnc(NC(=O)CN2CCN(C(=O)COc3cccc(F)c3)CC2)s1. The molecule has 4 rings (SSSR count). The number of carbonyl (C=O) groups excluding carboxylic acids is 2. The lowest BCUT2D eigenvalue weighted by molar-refractivity contribution is -0.135. The van der Waals surface area contributed by atoms with Crippen molar-refractivity contribution in [2.75, 3.05) is 44.6 Å². The van der Waals surface area contributed by atoms with Gasteiger partial charge in [0.05, 0.1) is 6.54 Å². The first-order valence-electron chi connectivity index (χ1n) is 10.6. The van der Waals surface area contributed by atoms with Crippen molar-refractivity contribution in [1.29, 1.82) is 0 Å². The molecule has 2 aromatic carbocycles. The summed E-state index contributed by atoms with van der Waals surface area (Å²) in [5.41, 5.74) is 2.10. The van der Waals surface area contributed by atoms with E-state index in [4.69, 9.17) is 4.74 Å². The van der Waals surface area contributed by atoms with Crippen LogP contribution in [0.2, 0.25) is 0 Å². The number of rotatable bonds is 7. The molecule has 1 aromatic heterocycles. The molecule has 2 heterocycles. The van der Waals surface area contributed by atoms with Gasteiger partial charge in [0.15, 0.2) is 6.61 Å². The van der Waals surface area contributed by atoms with Crippen LogP contribution in [0, 0.1) is 12.7 Å². The lowest BCUT2D eigenvalue weighted by atomic mass is 10.1. The Kier molecular flexibility index (Phi) is 7.26. The first-order valence-corrected chi connectivity index (χ1v) is 11.4. The number of piperazine rings is 1. The number of halogens is 1. The number of nitrogens with zero attached hydrogens (tertiary/aromatic N) is 4. The minimum absolute atomic E-state index is 0.149. The standard InChI is InChI=1S/C23H24FN5O3S/c1-16-5-2-3-8-19(16)22-26-27-23(33-22)25-20(30)14-28-9-11-29(12-10-28)21(31)15-32-18-7-4-6-17(24)13-18/h2-8,13H,9-12,14-15H2,1H3,(H,25,27,30). The molecule has 172 valence electrons. The normalized spacial score (nSPS) is 14.2. The summed E-state index contributed by atoms with van der Waals surface area (Å²) in [6.07, 6.45) is 0. The molecule has 1 fully saturated rings. The number of benzene rings is 2. The van der Waals surface area contributed by atoms with Gasteiger partial charge in [0.25, 0.3) is 5.91 Å². The Balaban J connectivity index is 1.21. The molecular weight excluding hydrogens is 445 g/mol. The molecule has 0 bridgehead atoms. The van der Waals surface area contributed by atoms with Crippen LogP contribution in [0.5, 0.6) is 5.75 Å². The molecule has 1 aliphatic rings. The molecule has 0 radical (unpaired) electrons. The molecule has 1 saturated heterocycles. The maximum Gasteiger partial charge on any atom is 0.260 e. The second-order valence-corrected chi connectivity index (χ2v) is 8.66. The van der Waals surface area contributed by atoms with E-state index in [0.717, 1.165) is 16.1 Å². The van der Waals surface area contributed by atoms with Crippen LogP contribution in [0.25, 0.3) is 10.6 Å². The summed E-state index contributed by atoms with van der Waals surface area (Å²) >= 11 is 1.34. The molecule has 0 unspecified atom stereocenters. The second-order valence-electron chi connectivity index (χ2n) is 7.68. The molecule has 0 atom stereocenters. The van der Waals surface area contributed by atoms with Crippen LogP contribution in [0.1, 0.15) is 5.56 Å². The van der Waals surface area contributed by atoms with Gasteiger partial charge >= 0.3 is 0 Å². The fourth-order valence-corrected chi connectivity index (χ4v) is 4.36. The van der Waals surface area contributed by atoms with Crippen molar-refractivity contribution in [2.24, 2.45) is 0 Å². The van der Waals surface area contributed by atoms with Gasteiger partial charge in [-0.25, -0.2) is 4.39 Å². The monoisotopic (exact) mass is 469 g/mol. The number of nitrogens with one attached hydrogen (secondary N) is 1. The van der Waals surface area contributed by atoms with Gasteiger partial charge in [0.2, 0.25) is 11.0 Å². The van der Waals surface area contributed by atoms with E-state index in [1.807, 2.05) is 36.1 Å². The Morgan fingerprint density at radius 1 is 1.09 bits per heavy atom. The molecule has 0 saturated carbocycles. The molecule has 1 aliphatic heterocycles. The highest BCUT2D eigenvalue weighted by molar-refractivity contribution is 7.18. The summed E-state index contributed by atoms with van der Waals surface area (Å²) in [5.74, 6) is -0.426. The Morgan fingerprint density at radius 3 is 2.64 bits per heavy atom. The lowest BCUT2D eigenvalue weighted by Crippen LogP contribution is -2.51. The number of amides is 2. The van der Waals surface area contributed by atoms with Gasteiger partial charge in [0.1, 0.15) is 16.6 Å².